The molecule has 0 fully saturated rings. The lowest BCUT2D eigenvalue weighted by Crippen LogP contribution is -2.42. The molecule has 0 heterocycles. The van der Waals surface area contributed by atoms with Crippen LogP contribution in [0.5, 0.6) is 5.75 Å². The van der Waals surface area contributed by atoms with Gasteiger partial charge in [0.05, 0.1) is 6.10 Å². The van der Waals surface area contributed by atoms with Crippen LogP contribution in [0, 0.1) is 5.41 Å². The zero-order chi connectivity index (χ0) is 18.5. The molecule has 0 aliphatic heterocycles. The van der Waals surface area contributed by atoms with Gasteiger partial charge in [-0.1, -0.05) is 46.8 Å². The maximum atomic E-state index is 10.6. The van der Waals surface area contributed by atoms with Crippen molar-refractivity contribution in [1.29, 1.82) is 0 Å². The summed E-state index contributed by atoms with van der Waals surface area (Å²) in [5, 5.41) is 10.6. The second kappa shape index (κ2) is 8.50. The fourth-order valence-electron chi connectivity index (χ4n) is 2.87. The summed E-state index contributed by atoms with van der Waals surface area (Å²) < 4.78 is 12.3. The maximum absolute atomic E-state index is 10.6. The Morgan fingerprint density at radius 1 is 1.12 bits per heavy atom. The molecule has 0 bridgehead atoms. The number of ether oxygens (including phenoxy) is 1. The van der Waals surface area contributed by atoms with Crippen molar-refractivity contribution in [1.82, 2.24) is 0 Å². The van der Waals surface area contributed by atoms with Crippen molar-refractivity contribution >= 4 is 9.04 Å². The minimum Gasteiger partial charge on any atom is -0.488 e. The van der Waals surface area contributed by atoms with Gasteiger partial charge in [0.2, 0.25) is 9.04 Å². The first-order valence-corrected chi connectivity index (χ1v) is 11.4. The first-order valence-electron chi connectivity index (χ1n) is 8.99. The Kier molecular flexibility index (Phi) is 7.51. The predicted molar refractivity (Wildman–Crippen MR) is 103 cm³/mol. The molecule has 1 aromatic rings. The molecule has 1 N–H and O–H groups in total. The molecule has 0 amide bonds. The molecule has 24 heavy (non-hydrogen) atoms. The molecule has 2 atom stereocenters. The average Bonchev–Trinajstić information content (AvgIpc) is 2.50. The van der Waals surface area contributed by atoms with Crippen LogP contribution in [0.2, 0.25) is 13.1 Å². The summed E-state index contributed by atoms with van der Waals surface area (Å²) in [6.07, 6.45) is 1.13. The minimum absolute atomic E-state index is 0.0136. The van der Waals surface area contributed by atoms with E-state index in [1.807, 2.05) is 32.9 Å². The van der Waals surface area contributed by atoms with E-state index in [9.17, 15) is 5.11 Å². The SMILES string of the molecule is CCC(O)(CC)C(C)Oc1cccc(C(O[Si](C)C)C(C)(C)C)c1. The van der Waals surface area contributed by atoms with Crippen molar-refractivity contribution in [2.24, 2.45) is 5.41 Å². The van der Waals surface area contributed by atoms with E-state index in [0.717, 1.165) is 11.3 Å². The zero-order valence-electron chi connectivity index (χ0n) is 16.6. The molecule has 4 heteroatoms. The van der Waals surface area contributed by atoms with Crippen molar-refractivity contribution in [3.05, 3.63) is 29.8 Å². The van der Waals surface area contributed by atoms with Crippen molar-refractivity contribution in [3.8, 4) is 5.75 Å². The zero-order valence-corrected chi connectivity index (χ0v) is 17.6. The van der Waals surface area contributed by atoms with Gasteiger partial charge in [-0.25, -0.2) is 0 Å². The van der Waals surface area contributed by atoms with Crippen LogP contribution in [-0.2, 0) is 4.43 Å². The largest absolute Gasteiger partial charge is 0.488 e. The van der Waals surface area contributed by atoms with Gasteiger partial charge in [0.15, 0.2) is 0 Å². The highest BCUT2D eigenvalue weighted by atomic mass is 28.3. The summed E-state index contributed by atoms with van der Waals surface area (Å²) in [6.45, 7) is 16.9. The van der Waals surface area contributed by atoms with Crippen LogP contribution in [0.3, 0.4) is 0 Å². The van der Waals surface area contributed by atoms with Crippen LogP contribution in [0.25, 0.3) is 0 Å². The maximum Gasteiger partial charge on any atom is 0.205 e. The number of rotatable bonds is 8. The van der Waals surface area contributed by atoms with Gasteiger partial charge in [-0.05, 0) is 56.0 Å². The molecule has 1 rings (SSSR count). The standard InChI is InChI=1S/C20H35O3Si/c1-9-20(21,10-2)15(3)22-17-13-11-12-16(14-17)18(19(4,5)6)23-24(7)8/h11-15,18,21H,9-10H2,1-8H3. The van der Waals surface area contributed by atoms with Crippen molar-refractivity contribution in [3.63, 3.8) is 0 Å². The highest BCUT2D eigenvalue weighted by Gasteiger charge is 2.32. The number of hydrogen-bond donors (Lipinski definition) is 1. The number of hydrogen-bond acceptors (Lipinski definition) is 3. The topological polar surface area (TPSA) is 38.7 Å². The summed E-state index contributed by atoms with van der Waals surface area (Å²) in [7, 11) is -0.810. The third kappa shape index (κ3) is 5.61. The normalized spacial score (nSPS) is 15.4. The highest BCUT2D eigenvalue weighted by Crippen LogP contribution is 2.38. The van der Waals surface area contributed by atoms with Gasteiger partial charge >= 0.3 is 0 Å². The third-order valence-electron chi connectivity index (χ3n) is 4.60. The Hall–Kier alpha value is -0.843. The fraction of sp³-hybridized carbons (Fsp3) is 0.700. The van der Waals surface area contributed by atoms with Crippen LogP contribution in [0.4, 0.5) is 0 Å². The highest BCUT2D eigenvalue weighted by molar-refractivity contribution is 6.48. The Balaban J connectivity index is 3.04. The predicted octanol–water partition coefficient (Wildman–Crippen LogP) is 5.36. The molecule has 0 aromatic heterocycles. The third-order valence-corrected chi connectivity index (χ3v) is 5.30. The first-order chi connectivity index (χ1) is 11.0. The van der Waals surface area contributed by atoms with E-state index in [1.54, 1.807) is 0 Å². The van der Waals surface area contributed by atoms with Crippen LogP contribution in [0.15, 0.2) is 24.3 Å². The molecule has 3 nitrogen and oxygen atoms in total. The van der Waals surface area contributed by atoms with E-state index >= 15 is 0 Å². The lowest BCUT2D eigenvalue weighted by atomic mass is 9.85. The summed E-state index contributed by atoms with van der Waals surface area (Å²) in [5.74, 6) is 0.791. The van der Waals surface area contributed by atoms with Gasteiger partial charge in [0, 0.05) is 0 Å². The molecule has 0 spiro atoms. The van der Waals surface area contributed by atoms with Gasteiger partial charge in [0.25, 0.3) is 0 Å². The molecule has 1 radical (unpaired) electrons. The average molecular weight is 352 g/mol. The van der Waals surface area contributed by atoms with E-state index < -0.39 is 14.6 Å². The summed E-state index contributed by atoms with van der Waals surface area (Å²) in [5.41, 5.74) is 0.355. The lowest BCUT2D eigenvalue weighted by Gasteiger charge is -2.34. The fourth-order valence-corrected chi connectivity index (χ4v) is 3.83. The molecule has 0 aliphatic carbocycles. The summed E-state index contributed by atoms with van der Waals surface area (Å²) in [4.78, 5) is 0. The number of aliphatic hydroxyl groups is 1. The van der Waals surface area contributed by atoms with Crippen molar-refractivity contribution < 1.29 is 14.3 Å². The summed E-state index contributed by atoms with van der Waals surface area (Å²) in [6, 6.07) is 8.12. The molecule has 0 saturated heterocycles. The van der Waals surface area contributed by atoms with Gasteiger partial charge < -0.3 is 14.3 Å². The van der Waals surface area contributed by atoms with Crippen LogP contribution in [-0.4, -0.2) is 25.9 Å². The Morgan fingerprint density at radius 2 is 1.71 bits per heavy atom. The van der Waals surface area contributed by atoms with E-state index in [4.69, 9.17) is 9.16 Å². The quantitative estimate of drug-likeness (QED) is 0.641. The molecule has 137 valence electrons. The second-order valence-corrected chi connectivity index (χ2v) is 9.97. The van der Waals surface area contributed by atoms with E-state index in [0.29, 0.717) is 12.8 Å². The van der Waals surface area contributed by atoms with Crippen LogP contribution < -0.4 is 4.74 Å². The van der Waals surface area contributed by atoms with E-state index in [-0.39, 0.29) is 17.6 Å². The Bertz CT molecular complexity index is 504. The second-order valence-electron chi connectivity index (χ2n) is 7.92. The Morgan fingerprint density at radius 3 is 2.17 bits per heavy atom. The minimum atomic E-state index is -0.810. The van der Waals surface area contributed by atoms with Gasteiger partial charge in [0.1, 0.15) is 17.5 Å². The molecule has 0 saturated carbocycles. The van der Waals surface area contributed by atoms with Crippen molar-refractivity contribution in [2.45, 2.75) is 85.3 Å². The van der Waals surface area contributed by atoms with Gasteiger partial charge in [-0.2, -0.15) is 0 Å². The monoisotopic (exact) mass is 351 g/mol. The lowest BCUT2D eigenvalue weighted by molar-refractivity contribution is -0.0589. The Labute approximate surface area is 150 Å². The molecule has 1 aromatic carbocycles. The van der Waals surface area contributed by atoms with Crippen molar-refractivity contribution in [2.75, 3.05) is 0 Å². The van der Waals surface area contributed by atoms with Crippen LogP contribution in [0.1, 0.15) is 66.1 Å². The molecule has 0 aliphatic rings. The number of benzene rings is 1. The summed E-state index contributed by atoms with van der Waals surface area (Å²) >= 11 is 0. The molecular formula is C20H35O3Si. The molecule has 2 unspecified atom stereocenters. The first kappa shape index (κ1) is 21.2. The van der Waals surface area contributed by atoms with Crippen LogP contribution >= 0.6 is 0 Å². The van der Waals surface area contributed by atoms with E-state index in [1.165, 1.54) is 0 Å². The van der Waals surface area contributed by atoms with Gasteiger partial charge in [-0.3, -0.25) is 0 Å². The smallest absolute Gasteiger partial charge is 0.205 e. The van der Waals surface area contributed by atoms with Gasteiger partial charge in [-0.15, -0.1) is 0 Å². The van der Waals surface area contributed by atoms with E-state index in [2.05, 4.69) is 46.0 Å². The molecular weight excluding hydrogens is 316 g/mol.